The molecule has 0 spiro atoms. The molecule has 0 saturated heterocycles. The lowest BCUT2D eigenvalue weighted by molar-refractivity contribution is 0.355. The van der Waals surface area contributed by atoms with Crippen LogP contribution in [0.15, 0.2) is 24.5 Å². The monoisotopic (exact) mass is 247 g/mol. The number of aryl methyl sites for hydroxylation is 1. The maximum Gasteiger partial charge on any atom is 0.161 e. The summed E-state index contributed by atoms with van der Waals surface area (Å²) in [7, 11) is 5.18. The van der Waals surface area contributed by atoms with E-state index in [0.717, 1.165) is 17.0 Å². The van der Waals surface area contributed by atoms with Gasteiger partial charge in [0.25, 0.3) is 0 Å². The molecule has 0 aliphatic heterocycles. The number of imidazole rings is 1. The van der Waals surface area contributed by atoms with Gasteiger partial charge < -0.3 is 19.8 Å². The predicted octanol–water partition coefficient (Wildman–Crippen LogP) is 1.56. The van der Waals surface area contributed by atoms with Crippen LogP contribution in [0.1, 0.15) is 5.69 Å². The first-order chi connectivity index (χ1) is 8.71. The van der Waals surface area contributed by atoms with Gasteiger partial charge in [-0.1, -0.05) is 0 Å². The van der Waals surface area contributed by atoms with Crippen LogP contribution in [0.5, 0.6) is 11.5 Å². The smallest absolute Gasteiger partial charge is 0.161 e. The average Bonchev–Trinajstić information content (AvgIpc) is 2.79. The maximum absolute atomic E-state index is 5.70. The molecule has 0 fully saturated rings. The highest BCUT2D eigenvalue weighted by Crippen LogP contribution is 2.33. The number of nitrogens with zero attached hydrogens (tertiary/aromatic N) is 2. The van der Waals surface area contributed by atoms with Crippen LogP contribution in [-0.4, -0.2) is 23.8 Å². The molecule has 5 heteroatoms. The van der Waals surface area contributed by atoms with E-state index in [2.05, 4.69) is 4.98 Å². The first-order valence-electron chi connectivity index (χ1n) is 5.64. The standard InChI is InChI=1S/C13H17N3O2/c1-16-8-15-10(7-14)13(16)9-4-5-11(17-2)12(6-9)18-3/h4-6,8H,7,14H2,1-3H3. The number of methoxy groups -OCH3 is 2. The Kier molecular flexibility index (Phi) is 3.53. The number of ether oxygens (including phenoxy) is 2. The summed E-state index contributed by atoms with van der Waals surface area (Å²) in [4.78, 5) is 4.27. The highest BCUT2D eigenvalue weighted by atomic mass is 16.5. The molecule has 0 amide bonds. The first-order valence-corrected chi connectivity index (χ1v) is 5.64. The quantitative estimate of drug-likeness (QED) is 0.890. The van der Waals surface area contributed by atoms with E-state index >= 15 is 0 Å². The van der Waals surface area contributed by atoms with Crippen molar-refractivity contribution in [2.75, 3.05) is 14.2 Å². The highest BCUT2D eigenvalue weighted by Gasteiger charge is 2.12. The minimum atomic E-state index is 0.407. The van der Waals surface area contributed by atoms with Crippen LogP contribution >= 0.6 is 0 Å². The van der Waals surface area contributed by atoms with Gasteiger partial charge in [0.15, 0.2) is 11.5 Å². The van der Waals surface area contributed by atoms with E-state index in [1.165, 1.54) is 0 Å². The Labute approximate surface area is 106 Å². The van der Waals surface area contributed by atoms with E-state index in [0.29, 0.717) is 18.0 Å². The molecule has 0 bridgehead atoms. The van der Waals surface area contributed by atoms with Crippen molar-refractivity contribution in [3.05, 3.63) is 30.2 Å². The second kappa shape index (κ2) is 5.10. The van der Waals surface area contributed by atoms with E-state index < -0.39 is 0 Å². The summed E-state index contributed by atoms with van der Waals surface area (Å²) in [5.41, 5.74) is 8.57. The van der Waals surface area contributed by atoms with Gasteiger partial charge in [-0.3, -0.25) is 0 Å². The lowest BCUT2D eigenvalue weighted by Crippen LogP contribution is -2.01. The number of hydrogen-bond acceptors (Lipinski definition) is 4. The Balaban J connectivity index is 2.54. The van der Waals surface area contributed by atoms with Crippen molar-refractivity contribution in [2.24, 2.45) is 12.8 Å². The minimum Gasteiger partial charge on any atom is -0.493 e. The lowest BCUT2D eigenvalue weighted by atomic mass is 10.1. The Morgan fingerprint density at radius 1 is 1.22 bits per heavy atom. The molecule has 1 aromatic heterocycles. The summed E-state index contributed by atoms with van der Waals surface area (Å²) >= 11 is 0. The summed E-state index contributed by atoms with van der Waals surface area (Å²) in [6.45, 7) is 0.407. The molecule has 0 radical (unpaired) electrons. The fraction of sp³-hybridized carbons (Fsp3) is 0.308. The summed E-state index contributed by atoms with van der Waals surface area (Å²) < 4.78 is 12.5. The van der Waals surface area contributed by atoms with E-state index in [1.807, 2.05) is 29.8 Å². The zero-order valence-electron chi connectivity index (χ0n) is 10.8. The first kappa shape index (κ1) is 12.4. The number of aromatic nitrogens is 2. The van der Waals surface area contributed by atoms with Crippen molar-refractivity contribution in [3.63, 3.8) is 0 Å². The molecular formula is C13H17N3O2. The molecule has 2 rings (SSSR count). The maximum atomic E-state index is 5.70. The van der Waals surface area contributed by atoms with Crippen molar-refractivity contribution in [2.45, 2.75) is 6.54 Å². The molecule has 2 N–H and O–H groups in total. The molecule has 0 aliphatic carbocycles. The second-order valence-electron chi connectivity index (χ2n) is 3.92. The van der Waals surface area contributed by atoms with Gasteiger partial charge in [0, 0.05) is 19.2 Å². The van der Waals surface area contributed by atoms with Crippen LogP contribution in [0.4, 0.5) is 0 Å². The highest BCUT2D eigenvalue weighted by molar-refractivity contribution is 5.66. The van der Waals surface area contributed by atoms with Crippen molar-refractivity contribution in [1.29, 1.82) is 0 Å². The van der Waals surface area contributed by atoms with Crippen molar-refractivity contribution in [1.82, 2.24) is 9.55 Å². The van der Waals surface area contributed by atoms with Gasteiger partial charge in [0.2, 0.25) is 0 Å². The zero-order valence-corrected chi connectivity index (χ0v) is 10.8. The van der Waals surface area contributed by atoms with E-state index in [4.69, 9.17) is 15.2 Å². The van der Waals surface area contributed by atoms with Gasteiger partial charge in [0.05, 0.1) is 31.9 Å². The van der Waals surface area contributed by atoms with Gasteiger partial charge in [0.1, 0.15) is 0 Å². The third-order valence-corrected chi connectivity index (χ3v) is 2.86. The number of nitrogens with two attached hydrogens (primary N) is 1. The molecule has 0 atom stereocenters. The molecular weight excluding hydrogens is 230 g/mol. The molecule has 0 saturated carbocycles. The van der Waals surface area contributed by atoms with Gasteiger partial charge in [-0.15, -0.1) is 0 Å². The lowest BCUT2D eigenvalue weighted by Gasteiger charge is -2.11. The van der Waals surface area contributed by atoms with Crippen molar-refractivity contribution >= 4 is 0 Å². The summed E-state index contributed by atoms with van der Waals surface area (Å²) in [6, 6.07) is 5.77. The zero-order chi connectivity index (χ0) is 13.1. The Morgan fingerprint density at radius 3 is 2.56 bits per heavy atom. The van der Waals surface area contributed by atoms with Crippen molar-refractivity contribution < 1.29 is 9.47 Å². The number of rotatable bonds is 4. The van der Waals surface area contributed by atoms with Crippen LogP contribution < -0.4 is 15.2 Å². The molecule has 1 aromatic carbocycles. The third-order valence-electron chi connectivity index (χ3n) is 2.86. The third kappa shape index (κ3) is 2.04. The number of hydrogen-bond donors (Lipinski definition) is 1. The predicted molar refractivity (Wildman–Crippen MR) is 69.6 cm³/mol. The Hall–Kier alpha value is -2.01. The molecule has 5 nitrogen and oxygen atoms in total. The average molecular weight is 247 g/mol. The molecule has 2 aromatic rings. The van der Waals surface area contributed by atoms with Gasteiger partial charge >= 0.3 is 0 Å². The molecule has 1 heterocycles. The molecule has 0 unspecified atom stereocenters. The van der Waals surface area contributed by atoms with E-state index in [-0.39, 0.29) is 0 Å². The molecule has 0 aliphatic rings. The van der Waals surface area contributed by atoms with Crippen LogP contribution in [0.2, 0.25) is 0 Å². The van der Waals surface area contributed by atoms with Gasteiger partial charge in [-0.25, -0.2) is 4.98 Å². The Bertz CT molecular complexity index is 549. The van der Waals surface area contributed by atoms with E-state index in [9.17, 15) is 0 Å². The summed E-state index contributed by atoms with van der Waals surface area (Å²) in [5.74, 6) is 1.40. The fourth-order valence-corrected chi connectivity index (χ4v) is 1.98. The van der Waals surface area contributed by atoms with Crippen LogP contribution in [0.3, 0.4) is 0 Å². The van der Waals surface area contributed by atoms with Gasteiger partial charge in [-0.2, -0.15) is 0 Å². The minimum absolute atomic E-state index is 0.407. The fourth-order valence-electron chi connectivity index (χ4n) is 1.98. The van der Waals surface area contributed by atoms with Crippen LogP contribution in [0.25, 0.3) is 11.3 Å². The van der Waals surface area contributed by atoms with Crippen molar-refractivity contribution in [3.8, 4) is 22.8 Å². The summed E-state index contributed by atoms with van der Waals surface area (Å²) in [5, 5.41) is 0. The SMILES string of the molecule is COc1ccc(-c2c(CN)ncn2C)cc1OC. The van der Waals surface area contributed by atoms with Crippen LogP contribution in [0, 0.1) is 0 Å². The second-order valence-corrected chi connectivity index (χ2v) is 3.92. The van der Waals surface area contributed by atoms with Crippen LogP contribution in [-0.2, 0) is 13.6 Å². The normalized spacial score (nSPS) is 10.4. The Morgan fingerprint density at radius 2 is 1.94 bits per heavy atom. The topological polar surface area (TPSA) is 62.3 Å². The molecule has 18 heavy (non-hydrogen) atoms. The van der Waals surface area contributed by atoms with E-state index in [1.54, 1.807) is 20.5 Å². The number of benzene rings is 1. The van der Waals surface area contributed by atoms with Gasteiger partial charge in [-0.05, 0) is 18.2 Å². The summed E-state index contributed by atoms with van der Waals surface area (Å²) in [6.07, 6.45) is 1.76. The molecule has 96 valence electrons. The largest absolute Gasteiger partial charge is 0.493 e.